The van der Waals surface area contributed by atoms with E-state index in [0.717, 1.165) is 61.5 Å². The van der Waals surface area contributed by atoms with Crippen LogP contribution in [0, 0.1) is 0 Å². The molecule has 0 aliphatic carbocycles. The van der Waals surface area contributed by atoms with Gasteiger partial charge >= 0.3 is 0 Å². The Balaban J connectivity index is 1.66. The maximum Gasteiger partial charge on any atom is 0.122 e. The molecular formula is C42H56N2O2. The Kier molecular flexibility index (Phi) is 12.5. The molecule has 4 aromatic rings. The minimum absolute atomic E-state index is 0.248. The standard InChI is InChI=1S/C42H56N2O2/c1-29(2)37-21-35(22-38(30(3)4)41(37)45)27-43(25-33-15-11-9-12-16-33)19-20-44(26-34-17-13-10-14-18-34)28-36-23-39(31(5)6)42(46)40(24-36)32(7)8/h9-18,21-24,29-32,45-46H,19-20,25-28H2,1-8H3. The molecule has 0 radical (unpaired) electrons. The lowest BCUT2D eigenvalue weighted by Crippen LogP contribution is -2.34. The highest BCUT2D eigenvalue weighted by Gasteiger charge is 2.20. The van der Waals surface area contributed by atoms with Crippen LogP contribution in [0.5, 0.6) is 11.5 Å². The van der Waals surface area contributed by atoms with Gasteiger partial charge in [0.1, 0.15) is 11.5 Å². The Morgan fingerprint density at radius 3 is 0.935 bits per heavy atom. The molecule has 0 aliphatic heterocycles. The normalized spacial score (nSPS) is 12.0. The maximum absolute atomic E-state index is 11.1. The average Bonchev–Trinajstić information content (AvgIpc) is 3.01. The molecule has 0 saturated heterocycles. The fraction of sp³-hybridized carbons (Fsp3) is 0.429. The van der Waals surface area contributed by atoms with Crippen LogP contribution in [0.1, 0.15) is 124 Å². The first-order chi connectivity index (χ1) is 21.9. The molecule has 4 aromatic carbocycles. The first-order valence-electron chi connectivity index (χ1n) is 17.2. The number of phenolic OH excluding ortho intramolecular Hbond substituents is 2. The molecule has 4 rings (SSSR count). The van der Waals surface area contributed by atoms with Gasteiger partial charge in [-0.25, -0.2) is 0 Å². The molecule has 46 heavy (non-hydrogen) atoms. The fourth-order valence-electron chi connectivity index (χ4n) is 6.34. The van der Waals surface area contributed by atoms with E-state index < -0.39 is 0 Å². The van der Waals surface area contributed by atoms with Crippen molar-refractivity contribution in [2.75, 3.05) is 13.1 Å². The van der Waals surface area contributed by atoms with Gasteiger partial charge in [-0.15, -0.1) is 0 Å². The molecule has 0 spiro atoms. The molecule has 0 atom stereocenters. The number of aromatic hydroxyl groups is 2. The summed E-state index contributed by atoms with van der Waals surface area (Å²) in [6.07, 6.45) is 0. The monoisotopic (exact) mass is 620 g/mol. The van der Waals surface area contributed by atoms with Gasteiger partial charge < -0.3 is 10.2 Å². The third-order valence-corrected chi connectivity index (χ3v) is 8.99. The summed E-state index contributed by atoms with van der Waals surface area (Å²) in [6, 6.07) is 30.3. The molecule has 0 amide bonds. The molecule has 0 unspecified atom stereocenters. The Morgan fingerprint density at radius 2 is 0.674 bits per heavy atom. The zero-order valence-electron chi connectivity index (χ0n) is 29.4. The second-order valence-corrected chi connectivity index (χ2v) is 14.3. The summed E-state index contributed by atoms with van der Waals surface area (Å²) in [7, 11) is 0. The number of hydrogen-bond acceptors (Lipinski definition) is 4. The Morgan fingerprint density at radius 1 is 0.413 bits per heavy atom. The van der Waals surface area contributed by atoms with Gasteiger partial charge in [0.2, 0.25) is 0 Å². The number of rotatable bonds is 15. The zero-order valence-corrected chi connectivity index (χ0v) is 29.4. The quantitative estimate of drug-likeness (QED) is 0.139. The second-order valence-electron chi connectivity index (χ2n) is 14.3. The van der Waals surface area contributed by atoms with Gasteiger partial charge in [-0.3, -0.25) is 9.80 Å². The number of phenols is 2. The zero-order chi connectivity index (χ0) is 33.4. The molecule has 0 aliphatic rings. The van der Waals surface area contributed by atoms with E-state index in [1.165, 1.54) is 22.3 Å². The third kappa shape index (κ3) is 9.47. The van der Waals surface area contributed by atoms with Crippen molar-refractivity contribution in [2.45, 2.75) is 105 Å². The van der Waals surface area contributed by atoms with Crippen molar-refractivity contribution in [3.05, 3.63) is 129 Å². The highest BCUT2D eigenvalue weighted by Crippen LogP contribution is 2.36. The van der Waals surface area contributed by atoms with Gasteiger partial charge in [0.05, 0.1) is 0 Å². The minimum atomic E-state index is 0.248. The van der Waals surface area contributed by atoms with Crippen molar-refractivity contribution < 1.29 is 10.2 Å². The molecular weight excluding hydrogens is 564 g/mol. The van der Waals surface area contributed by atoms with E-state index in [0.29, 0.717) is 11.5 Å². The van der Waals surface area contributed by atoms with Crippen molar-refractivity contribution in [3.63, 3.8) is 0 Å². The van der Waals surface area contributed by atoms with Crippen molar-refractivity contribution in [1.29, 1.82) is 0 Å². The molecule has 0 fully saturated rings. The molecule has 4 heteroatoms. The lowest BCUT2D eigenvalue weighted by atomic mass is 9.91. The van der Waals surface area contributed by atoms with Gasteiger partial charge in [-0.1, -0.05) is 140 Å². The van der Waals surface area contributed by atoms with E-state index in [9.17, 15) is 10.2 Å². The molecule has 0 heterocycles. The summed E-state index contributed by atoms with van der Waals surface area (Å²) < 4.78 is 0. The topological polar surface area (TPSA) is 46.9 Å². The molecule has 4 nitrogen and oxygen atoms in total. The number of nitrogens with zero attached hydrogens (tertiary/aromatic N) is 2. The van der Waals surface area contributed by atoms with E-state index in [1.54, 1.807) is 0 Å². The summed E-state index contributed by atoms with van der Waals surface area (Å²) in [5.41, 5.74) is 9.20. The fourth-order valence-corrected chi connectivity index (χ4v) is 6.34. The minimum Gasteiger partial charge on any atom is -0.507 e. The van der Waals surface area contributed by atoms with Crippen LogP contribution >= 0.6 is 0 Å². The smallest absolute Gasteiger partial charge is 0.122 e. The Hall–Kier alpha value is -3.60. The van der Waals surface area contributed by atoms with Crippen molar-refractivity contribution >= 4 is 0 Å². The van der Waals surface area contributed by atoms with E-state index in [1.807, 2.05) is 0 Å². The lowest BCUT2D eigenvalue weighted by molar-refractivity contribution is 0.182. The van der Waals surface area contributed by atoms with E-state index >= 15 is 0 Å². The molecule has 0 aromatic heterocycles. The second kappa shape index (κ2) is 16.3. The highest BCUT2D eigenvalue weighted by molar-refractivity contribution is 5.48. The van der Waals surface area contributed by atoms with Crippen LogP contribution in [-0.4, -0.2) is 33.1 Å². The molecule has 2 N–H and O–H groups in total. The Bertz CT molecular complexity index is 1350. The highest BCUT2D eigenvalue weighted by atomic mass is 16.3. The summed E-state index contributed by atoms with van der Waals surface area (Å²) in [4.78, 5) is 5.09. The van der Waals surface area contributed by atoms with Crippen molar-refractivity contribution in [2.24, 2.45) is 0 Å². The van der Waals surface area contributed by atoms with Crippen LogP contribution in [0.2, 0.25) is 0 Å². The first kappa shape index (κ1) is 35.3. The van der Waals surface area contributed by atoms with Gasteiger partial charge in [0.15, 0.2) is 0 Å². The van der Waals surface area contributed by atoms with Crippen molar-refractivity contribution in [3.8, 4) is 11.5 Å². The van der Waals surface area contributed by atoms with Gasteiger partial charge in [-0.2, -0.15) is 0 Å². The van der Waals surface area contributed by atoms with Crippen molar-refractivity contribution in [1.82, 2.24) is 9.80 Å². The van der Waals surface area contributed by atoms with Gasteiger partial charge in [0, 0.05) is 39.3 Å². The summed E-state index contributed by atoms with van der Waals surface area (Å²) >= 11 is 0. The predicted octanol–water partition coefficient (Wildman–Crippen LogP) is 10.3. The summed E-state index contributed by atoms with van der Waals surface area (Å²) in [6.45, 7) is 22.4. The third-order valence-electron chi connectivity index (χ3n) is 8.99. The van der Waals surface area contributed by atoms with Crippen LogP contribution in [0.25, 0.3) is 0 Å². The predicted molar refractivity (Wildman–Crippen MR) is 194 cm³/mol. The number of benzene rings is 4. The summed E-state index contributed by atoms with van der Waals surface area (Å²) in [5.74, 6) is 1.90. The number of hydrogen-bond donors (Lipinski definition) is 2. The van der Waals surface area contributed by atoms with Crippen LogP contribution in [0.15, 0.2) is 84.9 Å². The van der Waals surface area contributed by atoms with E-state index in [4.69, 9.17) is 0 Å². The molecule has 0 saturated carbocycles. The van der Waals surface area contributed by atoms with E-state index in [2.05, 4.69) is 150 Å². The lowest BCUT2D eigenvalue weighted by Gasteiger charge is -2.29. The van der Waals surface area contributed by atoms with Crippen LogP contribution in [-0.2, 0) is 26.2 Å². The van der Waals surface area contributed by atoms with Crippen LogP contribution < -0.4 is 0 Å². The van der Waals surface area contributed by atoms with Gasteiger partial charge in [-0.05, 0) is 68.2 Å². The average molecular weight is 621 g/mol. The maximum atomic E-state index is 11.1. The largest absolute Gasteiger partial charge is 0.507 e. The summed E-state index contributed by atoms with van der Waals surface area (Å²) in [5, 5.41) is 22.1. The SMILES string of the molecule is CC(C)c1cc(CN(CCN(Cc2ccccc2)Cc2cc(C(C)C)c(O)c(C(C)C)c2)Cc2ccccc2)cc(C(C)C)c1O. The van der Waals surface area contributed by atoms with Crippen LogP contribution in [0.4, 0.5) is 0 Å². The van der Waals surface area contributed by atoms with E-state index in [-0.39, 0.29) is 23.7 Å². The van der Waals surface area contributed by atoms with Gasteiger partial charge in [0.25, 0.3) is 0 Å². The first-order valence-corrected chi connectivity index (χ1v) is 17.2. The molecule has 0 bridgehead atoms. The Labute approximate surface area is 278 Å². The molecule has 246 valence electrons. The van der Waals surface area contributed by atoms with Crippen LogP contribution in [0.3, 0.4) is 0 Å².